The van der Waals surface area contributed by atoms with Crippen molar-refractivity contribution in [2.45, 2.75) is 27.3 Å². The van der Waals surface area contributed by atoms with Gasteiger partial charge in [-0.25, -0.2) is 4.39 Å². The van der Waals surface area contributed by atoms with Gasteiger partial charge in [0.05, 0.1) is 0 Å². The fourth-order valence-electron chi connectivity index (χ4n) is 2.48. The number of amides is 2. The third kappa shape index (κ3) is 4.65. The Hall–Kier alpha value is -2.69. The van der Waals surface area contributed by atoms with Crippen molar-refractivity contribution >= 4 is 17.5 Å². The molecule has 0 aliphatic heterocycles. The van der Waals surface area contributed by atoms with Crippen LogP contribution < -0.4 is 10.2 Å². The summed E-state index contributed by atoms with van der Waals surface area (Å²) in [5.74, 6) is -0.781. The largest absolute Gasteiger partial charge is 0.350 e. The molecule has 0 aromatic heterocycles. The highest BCUT2D eigenvalue weighted by atomic mass is 19.1. The van der Waals surface area contributed by atoms with Crippen molar-refractivity contribution in [3.05, 3.63) is 65.0 Å². The molecule has 0 saturated carbocycles. The molecule has 0 spiro atoms. The number of hydrogen-bond acceptors (Lipinski definition) is 2. The first-order valence-electron chi connectivity index (χ1n) is 7.73. The van der Waals surface area contributed by atoms with E-state index in [4.69, 9.17) is 0 Å². The lowest BCUT2D eigenvalue weighted by molar-refractivity contribution is -0.123. The molecule has 1 N–H and O–H groups in total. The van der Waals surface area contributed by atoms with E-state index in [-0.39, 0.29) is 30.7 Å². The Bertz CT molecular complexity index is 742. The number of aryl methyl sites for hydroxylation is 2. The average molecular weight is 328 g/mol. The molecule has 5 heteroatoms. The fourth-order valence-corrected chi connectivity index (χ4v) is 2.48. The highest BCUT2D eigenvalue weighted by Crippen LogP contribution is 2.21. The van der Waals surface area contributed by atoms with Crippen molar-refractivity contribution in [3.63, 3.8) is 0 Å². The van der Waals surface area contributed by atoms with Crippen molar-refractivity contribution in [3.8, 4) is 0 Å². The van der Waals surface area contributed by atoms with Crippen LogP contribution in [0.2, 0.25) is 0 Å². The number of nitrogens with zero attached hydrogens (tertiary/aromatic N) is 1. The Morgan fingerprint density at radius 1 is 1.08 bits per heavy atom. The van der Waals surface area contributed by atoms with E-state index in [0.29, 0.717) is 0 Å². The molecular weight excluding hydrogens is 307 g/mol. The second kappa shape index (κ2) is 7.73. The van der Waals surface area contributed by atoms with Crippen LogP contribution in [0.1, 0.15) is 23.6 Å². The van der Waals surface area contributed by atoms with E-state index in [1.165, 1.54) is 24.0 Å². The lowest BCUT2D eigenvalue weighted by atomic mass is 10.1. The van der Waals surface area contributed by atoms with Crippen LogP contribution in [0.3, 0.4) is 0 Å². The summed E-state index contributed by atoms with van der Waals surface area (Å²) >= 11 is 0. The van der Waals surface area contributed by atoms with Crippen LogP contribution in [0.4, 0.5) is 10.1 Å². The first-order chi connectivity index (χ1) is 11.4. The molecule has 24 heavy (non-hydrogen) atoms. The first kappa shape index (κ1) is 17.7. The minimum Gasteiger partial charge on any atom is -0.350 e. The zero-order valence-corrected chi connectivity index (χ0v) is 14.1. The Kier molecular flexibility index (Phi) is 5.68. The molecule has 0 bridgehead atoms. The molecule has 0 atom stereocenters. The number of carbonyl (C=O) groups is 2. The summed E-state index contributed by atoms with van der Waals surface area (Å²) in [5.41, 5.74) is 3.56. The van der Waals surface area contributed by atoms with Gasteiger partial charge >= 0.3 is 0 Å². The third-order valence-corrected chi connectivity index (χ3v) is 3.73. The zero-order valence-electron chi connectivity index (χ0n) is 14.1. The highest BCUT2D eigenvalue weighted by molar-refractivity contribution is 5.98. The summed E-state index contributed by atoms with van der Waals surface area (Å²) in [6.45, 7) is 5.56. The maximum atomic E-state index is 12.9. The van der Waals surface area contributed by atoms with Crippen molar-refractivity contribution in [2.24, 2.45) is 0 Å². The second-order valence-corrected chi connectivity index (χ2v) is 5.80. The van der Waals surface area contributed by atoms with Gasteiger partial charge in [0.1, 0.15) is 12.4 Å². The number of nitrogens with one attached hydrogen (secondary N) is 1. The molecule has 0 aliphatic rings. The molecule has 2 amide bonds. The molecule has 2 aromatic rings. The monoisotopic (exact) mass is 328 g/mol. The van der Waals surface area contributed by atoms with Gasteiger partial charge in [-0.1, -0.05) is 29.8 Å². The lowest BCUT2D eigenvalue weighted by Crippen LogP contribution is -2.40. The molecule has 4 nitrogen and oxygen atoms in total. The average Bonchev–Trinajstić information content (AvgIpc) is 2.52. The Labute approximate surface area is 141 Å². The molecule has 0 unspecified atom stereocenters. The van der Waals surface area contributed by atoms with Gasteiger partial charge < -0.3 is 10.2 Å². The SMILES string of the molecule is CC(=O)N(CC(=O)NCc1ccc(F)cc1)c1ccc(C)cc1C. The summed E-state index contributed by atoms with van der Waals surface area (Å²) in [5, 5.41) is 2.75. The molecule has 126 valence electrons. The predicted octanol–water partition coefficient (Wildman–Crippen LogP) is 3.11. The van der Waals surface area contributed by atoms with Gasteiger partial charge in [0.25, 0.3) is 0 Å². The van der Waals surface area contributed by atoms with Crippen LogP contribution in [0.5, 0.6) is 0 Å². The molecule has 0 radical (unpaired) electrons. The molecule has 0 heterocycles. The van der Waals surface area contributed by atoms with Gasteiger partial charge in [-0.05, 0) is 43.2 Å². The van der Waals surface area contributed by atoms with E-state index in [0.717, 1.165) is 22.4 Å². The molecule has 2 aromatic carbocycles. The van der Waals surface area contributed by atoms with Gasteiger partial charge in [0, 0.05) is 19.2 Å². The minimum absolute atomic E-state index is 0.0551. The quantitative estimate of drug-likeness (QED) is 0.917. The van der Waals surface area contributed by atoms with Gasteiger partial charge in [0.15, 0.2) is 0 Å². The number of carbonyl (C=O) groups excluding carboxylic acids is 2. The minimum atomic E-state index is -0.317. The highest BCUT2D eigenvalue weighted by Gasteiger charge is 2.17. The van der Waals surface area contributed by atoms with Crippen LogP contribution in [0, 0.1) is 19.7 Å². The topological polar surface area (TPSA) is 49.4 Å². The van der Waals surface area contributed by atoms with E-state index in [2.05, 4.69) is 5.32 Å². The van der Waals surface area contributed by atoms with Crippen LogP contribution in [-0.4, -0.2) is 18.4 Å². The van der Waals surface area contributed by atoms with Gasteiger partial charge in [-0.2, -0.15) is 0 Å². The van der Waals surface area contributed by atoms with Crippen molar-refractivity contribution < 1.29 is 14.0 Å². The molecule has 0 saturated heterocycles. The van der Waals surface area contributed by atoms with Gasteiger partial charge in [-0.3, -0.25) is 9.59 Å². The van der Waals surface area contributed by atoms with Crippen LogP contribution >= 0.6 is 0 Å². The zero-order chi connectivity index (χ0) is 17.7. The van der Waals surface area contributed by atoms with Crippen LogP contribution in [0.25, 0.3) is 0 Å². The van der Waals surface area contributed by atoms with E-state index in [9.17, 15) is 14.0 Å². The summed E-state index contributed by atoms with van der Waals surface area (Å²) in [6, 6.07) is 11.7. The van der Waals surface area contributed by atoms with Gasteiger partial charge in [-0.15, -0.1) is 0 Å². The lowest BCUT2D eigenvalue weighted by Gasteiger charge is -2.23. The maximum absolute atomic E-state index is 12.9. The predicted molar refractivity (Wildman–Crippen MR) is 92.2 cm³/mol. The maximum Gasteiger partial charge on any atom is 0.240 e. The van der Waals surface area contributed by atoms with Crippen molar-refractivity contribution in [2.75, 3.05) is 11.4 Å². The second-order valence-electron chi connectivity index (χ2n) is 5.80. The smallest absolute Gasteiger partial charge is 0.240 e. The van der Waals surface area contributed by atoms with Crippen molar-refractivity contribution in [1.82, 2.24) is 5.32 Å². The fraction of sp³-hybridized carbons (Fsp3) is 0.263. The first-order valence-corrected chi connectivity index (χ1v) is 7.73. The number of anilines is 1. The van der Waals surface area contributed by atoms with Crippen LogP contribution in [-0.2, 0) is 16.1 Å². The van der Waals surface area contributed by atoms with E-state index in [1.807, 2.05) is 32.0 Å². The normalized spacial score (nSPS) is 10.3. The summed E-state index contributed by atoms with van der Waals surface area (Å²) in [7, 11) is 0. The molecular formula is C19H21FN2O2. The van der Waals surface area contributed by atoms with Gasteiger partial charge in [0.2, 0.25) is 11.8 Å². The summed E-state index contributed by atoms with van der Waals surface area (Å²) < 4.78 is 12.9. The van der Waals surface area contributed by atoms with E-state index >= 15 is 0 Å². The standard InChI is InChI=1S/C19H21FN2O2/c1-13-4-9-18(14(2)10-13)22(15(3)23)12-19(24)21-11-16-5-7-17(20)8-6-16/h4-10H,11-12H2,1-3H3,(H,21,24). The molecule has 2 rings (SSSR count). The van der Waals surface area contributed by atoms with Crippen LogP contribution in [0.15, 0.2) is 42.5 Å². The number of rotatable bonds is 5. The summed E-state index contributed by atoms with van der Waals surface area (Å²) in [4.78, 5) is 25.6. The molecule has 0 fully saturated rings. The molecule has 0 aliphatic carbocycles. The number of hydrogen-bond donors (Lipinski definition) is 1. The Morgan fingerprint density at radius 3 is 2.33 bits per heavy atom. The Morgan fingerprint density at radius 2 is 1.75 bits per heavy atom. The third-order valence-electron chi connectivity index (χ3n) is 3.73. The number of benzene rings is 2. The summed E-state index contributed by atoms with van der Waals surface area (Å²) in [6.07, 6.45) is 0. The Balaban J connectivity index is 2.03. The van der Waals surface area contributed by atoms with E-state index < -0.39 is 0 Å². The van der Waals surface area contributed by atoms with E-state index in [1.54, 1.807) is 12.1 Å². The number of halogens is 1. The van der Waals surface area contributed by atoms with Crippen molar-refractivity contribution in [1.29, 1.82) is 0 Å².